The van der Waals surface area contributed by atoms with Gasteiger partial charge in [0.1, 0.15) is 11.4 Å². The van der Waals surface area contributed by atoms with Gasteiger partial charge in [-0.25, -0.2) is 17.5 Å². The van der Waals surface area contributed by atoms with Crippen molar-refractivity contribution in [1.82, 2.24) is 24.8 Å². The summed E-state index contributed by atoms with van der Waals surface area (Å²) >= 11 is 0. The highest BCUT2D eigenvalue weighted by Gasteiger charge is 2.34. The van der Waals surface area contributed by atoms with Crippen LogP contribution < -0.4 is 10.0 Å². The van der Waals surface area contributed by atoms with Gasteiger partial charge in [-0.2, -0.15) is 5.10 Å². The molecule has 1 aromatic carbocycles. The molecule has 3 aromatic rings. The molecule has 2 heterocycles. The first-order valence-electron chi connectivity index (χ1n) is 11.4. The quantitative estimate of drug-likeness (QED) is 0.535. The third-order valence-corrected chi connectivity index (χ3v) is 7.97. The Hall–Kier alpha value is -2.85. The Bertz CT molecular complexity index is 1390. The Balaban J connectivity index is 1.54. The molecule has 8 nitrogen and oxygen atoms in total. The van der Waals surface area contributed by atoms with E-state index in [1.807, 2.05) is 12.1 Å². The molecular formula is C24H28FN5O3S. The van der Waals surface area contributed by atoms with E-state index in [0.29, 0.717) is 35.4 Å². The molecule has 2 N–H and O–H groups in total. The number of nitrogens with zero attached hydrogens (tertiary/aromatic N) is 3. The highest BCUT2D eigenvalue weighted by molar-refractivity contribution is 7.89. The molecule has 0 saturated heterocycles. The first kappa shape index (κ1) is 22.9. The van der Waals surface area contributed by atoms with Crippen molar-refractivity contribution in [3.63, 3.8) is 0 Å². The SMILES string of the molecule is Cn1nccc1C(=O)NC1Cc2cc3cnc(C4CC4)cc3c(S(=O)(=O)NCC(C)(C)F)c2C1. The summed E-state index contributed by atoms with van der Waals surface area (Å²) in [5.41, 5.74) is 1.14. The van der Waals surface area contributed by atoms with Crippen LogP contribution in [0.25, 0.3) is 10.8 Å². The predicted octanol–water partition coefficient (Wildman–Crippen LogP) is 2.77. The summed E-state index contributed by atoms with van der Waals surface area (Å²) in [4.78, 5) is 17.5. The van der Waals surface area contributed by atoms with Gasteiger partial charge in [-0.05, 0) is 68.9 Å². The Morgan fingerprint density at radius 3 is 2.68 bits per heavy atom. The fourth-order valence-electron chi connectivity index (χ4n) is 4.57. The number of rotatable bonds is 7. The number of nitrogens with one attached hydrogen (secondary N) is 2. The van der Waals surface area contributed by atoms with Crippen molar-refractivity contribution in [2.24, 2.45) is 7.05 Å². The van der Waals surface area contributed by atoms with Crippen LogP contribution in [-0.2, 0) is 29.9 Å². The molecule has 2 aromatic heterocycles. The molecule has 1 unspecified atom stereocenters. The van der Waals surface area contributed by atoms with Gasteiger partial charge in [0.05, 0.1) is 4.90 Å². The number of fused-ring (bicyclic) bond motifs is 2. The summed E-state index contributed by atoms with van der Waals surface area (Å²) in [6.45, 7) is 2.34. The lowest BCUT2D eigenvalue weighted by atomic mass is 10.0. The summed E-state index contributed by atoms with van der Waals surface area (Å²) in [5.74, 6) is 0.0960. The summed E-state index contributed by atoms with van der Waals surface area (Å²) < 4.78 is 45.2. The molecule has 2 aliphatic rings. The second kappa shape index (κ2) is 8.13. The van der Waals surface area contributed by atoms with Crippen molar-refractivity contribution < 1.29 is 17.6 Å². The minimum atomic E-state index is -4.01. The van der Waals surface area contributed by atoms with Crippen LogP contribution in [0, 0.1) is 0 Å². The molecule has 1 fully saturated rings. The van der Waals surface area contributed by atoms with Crippen LogP contribution in [0.3, 0.4) is 0 Å². The van der Waals surface area contributed by atoms with E-state index < -0.39 is 15.7 Å². The van der Waals surface area contributed by atoms with Crippen molar-refractivity contribution in [3.8, 4) is 0 Å². The molecular weight excluding hydrogens is 457 g/mol. The second-order valence-electron chi connectivity index (χ2n) is 9.91. The molecule has 1 amide bonds. The number of aromatic nitrogens is 3. The van der Waals surface area contributed by atoms with Gasteiger partial charge in [0.2, 0.25) is 10.0 Å². The standard InChI is InChI=1S/C24H28FN5O3S/c1-24(2,25)13-28-34(32,33)22-18-10-17(29-23(31)21-6-7-27-30(21)3)9-15(18)8-16-12-26-20(11-19(16)22)14-4-5-14/h6-8,11-12,14,17,28H,4-5,9-10,13H2,1-3H3,(H,29,31). The number of halogens is 1. The number of sulfonamides is 1. The van der Waals surface area contributed by atoms with E-state index in [1.54, 1.807) is 25.5 Å². The molecule has 10 heteroatoms. The zero-order valence-electron chi connectivity index (χ0n) is 19.4. The smallest absolute Gasteiger partial charge is 0.269 e. The van der Waals surface area contributed by atoms with Crippen LogP contribution in [0.2, 0.25) is 0 Å². The minimum Gasteiger partial charge on any atom is -0.347 e. The number of benzene rings is 1. The van der Waals surface area contributed by atoms with Crippen molar-refractivity contribution in [1.29, 1.82) is 0 Å². The Labute approximate surface area is 198 Å². The van der Waals surface area contributed by atoms with Crippen LogP contribution in [0.15, 0.2) is 35.5 Å². The van der Waals surface area contributed by atoms with Crippen molar-refractivity contribution >= 4 is 26.7 Å². The monoisotopic (exact) mass is 485 g/mol. The topological polar surface area (TPSA) is 106 Å². The number of aryl methyl sites for hydroxylation is 1. The number of pyridine rings is 1. The molecule has 1 atom stereocenters. The largest absolute Gasteiger partial charge is 0.347 e. The predicted molar refractivity (Wildman–Crippen MR) is 126 cm³/mol. The molecule has 180 valence electrons. The van der Waals surface area contributed by atoms with Crippen molar-refractivity contribution in [3.05, 3.63) is 53.1 Å². The third kappa shape index (κ3) is 4.44. The van der Waals surface area contributed by atoms with Crippen LogP contribution in [0.5, 0.6) is 0 Å². The van der Waals surface area contributed by atoms with E-state index in [-0.39, 0.29) is 23.4 Å². The number of amides is 1. The van der Waals surface area contributed by atoms with Gasteiger partial charge in [-0.1, -0.05) is 0 Å². The zero-order chi connectivity index (χ0) is 24.3. The lowest BCUT2D eigenvalue weighted by Crippen LogP contribution is -2.37. The van der Waals surface area contributed by atoms with Gasteiger partial charge in [-0.15, -0.1) is 0 Å². The van der Waals surface area contributed by atoms with E-state index in [4.69, 9.17) is 0 Å². The number of alkyl halides is 1. The van der Waals surface area contributed by atoms with E-state index in [9.17, 15) is 17.6 Å². The highest BCUT2D eigenvalue weighted by Crippen LogP contribution is 2.42. The Morgan fingerprint density at radius 1 is 1.26 bits per heavy atom. The molecule has 0 aliphatic heterocycles. The molecule has 0 bridgehead atoms. The van der Waals surface area contributed by atoms with Gasteiger partial charge in [0, 0.05) is 54.4 Å². The summed E-state index contributed by atoms with van der Waals surface area (Å²) in [6.07, 6.45) is 6.23. The van der Waals surface area contributed by atoms with Crippen LogP contribution in [0.1, 0.15) is 59.9 Å². The average Bonchev–Trinajstić information content (AvgIpc) is 3.40. The molecule has 34 heavy (non-hydrogen) atoms. The van der Waals surface area contributed by atoms with Gasteiger partial charge < -0.3 is 5.32 Å². The van der Waals surface area contributed by atoms with E-state index in [2.05, 4.69) is 20.1 Å². The Kier molecular flexibility index (Phi) is 5.48. The van der Waals surface area contributed by atoms with E-state index in [0.717, 1.165) is 29.5 Å². The van der Waals surface area contributed by atoms with E-state index in [1.165, 1.54) is 18.5 Å². The summed E-state index contributed by atoms with van der Waals surface area (Å²) in [7, 11) is -2.32. The molecule has 1 saturated carbocycles. The number of carbonyl (C=O) groups excluding carboxylic acids is 1. The molecule has 0 spiro atoms. The zero-order valence-corrected chi connectivity index (χ0v) is 20.2. The molecule has 5 rings (SSSR count). The molecule has 0 radical (unpaired) electrons. The van der Waals surface area contributed by atoms with Crippen molar-refractivity contribution in [2.75, 3.05) is 6.54 Å². The number of carbonyl (C=O) groups is 1. The summed E-state index contributed by atoms with van der Waals surface area (Å²) in [6, 6.07) is 5.19. The van der Waals surface area contributed by atoms with Crippen molar-refractivity contribution in [2.45, 2.75) is 62.1 Å². The maximum absolute atomic E-state index is 14.2. The van der Waals surface area contributed by atoms with Gasteiger partial charge in [0.25, 0.3) is 5.91 Å². The maximum Gasteiger partial charge on any atom is 0.269 e. The second-order valence-corrected chi connectivity index (χ2v) is 11.6. The number of hydrogen-bond acceptors (Lipinski definition) is 5. The van der Waals surface area contributed by atoms with Gasteiger partial charge in [0.15, 0.2) is 0 Å². The minimum absolute atomic E-state index is 0.172. The van der Waals surface area contributed by atoms with Crippen LogP contribution in [-0.4, -0.2) is 47.3 Å². The van der Waals surface area contributed by atoms with Crippen LogP contribution >= 0.6 is 0 Å². The first-order chi connectivity index (χ1) is 16.0. The van der Waals surface area contributed by atoms with Gasteiger partial charge >= 0.3 is 0 Å². The highest BCUT2D eigenvalue weighted by atomic mass is 32.2. The lowest BCUT2D eigenvalue weighted by Gasteiger charge is -2.18. The normalized spacial score (nSPS) is 18.3. The van der Waals surface area contributed by atoms with Crippen LogP contribution in [0.4, 0.5) is 4.39 Å². The fourth-order valence-corrected chi connectivity index (χ4v) is 6.26. The number of hydrogen-bond donors (Lipinski definition) is 2. The Morgan fingerprint density at radius 2 is 2.03 bits per heavy atom. The van der Waals surface area contributed by atoms with E-state index >= 15 is 0 Å². The third-order valence-electron chi connectivity index (χ3n) is 6.44. The first-order valence-corrected chi connectivity index (χ1v) is 12.9. The summed E-state index contributed by atoms with van der Waals surface area (Å²) in [5, 5.41) is 8.36. The lowest BCUT2D eigenvalue weighted by molar-refractivity contribution is 0.0929. The van der Waals surface area contributed by atoms with Gasteiger partial charge in [-0.3, -0.25) is 14.5 Å². The maximum atomic E-state index is 14.2. The molecule has 2 aliphatic carbocycles. The average molecular weight is 486 g/mol. The fraction of sp³-hybridized carbons (Fsp3) is 0.458.